The van der Waals surface area contributed by atoms with E-state index in [1.54, 1.807) is 30.3 Å². The molecule has 1 aliphatic heterocycles. The molecule has 0 radical (unpaired) electrons. The van der Waals surface area contributed by atoms with Gasteiger partial charge in [-0.1, -0.05) is 50.6 Å². The largest absolute Gasteiger partial charge is 0.465 e. The second kappa shape index (κ2) is 9.47. The van der Waals surface area contributed by atoms with E-state index >= 15 is 0 Å². The minimum absolute atomic E-state index is 0.0183. The van der Waals surface area contributed by atoms with E-state index in [4.69, 9.17) is 16.3 Å². The summed E-state index contributed by atoms with van der Waals surface area (Å²) in [5.74, 6) is -1.31. The van der Waals surface area contributed by atoms with Gasteiger partial charge in [-0.15, -0.1) is 0 Å². The lowest BCUT2D eigenvalue weighted by Crippen LogP contribution is -2.43. The maximum absolute atomic E-state index is 14.4. The number of nitrogens with one attached hydrogen (secondary N) is 1. The van der Waals surface area contributed by atoms with Crippen LogP contribution in [0.3, 0.4) is 0 Å². The molecular formula is C25H27ClFN3O5. The topological polar surface area (TPSA) is 105 Å². The molecule has 1 aromatic heterocycles. The SMILES string of the molecule is CC(C)(C)C1CN(C(=O)O)C[C@@H](Cn2c(=O)[nH]c3ccccc3c2=O)[C@H](c2ccc(Cl)c(F)c2)O1. The highest BCUT2D eigenvalue weighted by Crippen LogP contribution is 2.38. The molecule has 2 aromatic carbocycles. The van der Waals surface area contributed by atoms with Crippen LogP contribution in [0, 0.1) is 17.2 Å². The Labute approximate surface area is 205 Å². The van der Waals surface area contributed by atoms with E-state index in [9.17, 15) is 23.9 Å². The standard InChI is InChI=1S/C25H27ClFN3O5/c1-25(2,3)20-13-29(24(33)34)11-15(21(35-20)14-8-9-17(26)18(27)10-14)12-30-22(31)16-6-4-5-7-19(16)28-23(30)32/h4-10,15,20-21H,11-13H2,1-3H3,(H,28,32)(H,33,34)/t15-,20?,21-/m0/s1. The van der Waals surface area contributed by atoms with Crippen molar-refractivity contribution in [3.63, 3.8) is 0 Å². The van der Waals surface area contributed by atoms with Gasteiger partial charge in [-0.2, -0.15) is 0 Å². The number of halogens is 2. The highest BCUT2D eigenvalue weighted by Gasteiger charge is 2.40. The summed E-state index contributed by atoms with van der Waals surface area (Å²) < 4.78 is 21.9. The number of hydrogen-bond donors (Lipinski definition) is 2. The van der Waals surface area contributed by atoms with Gasteiger partial charge in [0, 0.05) is 19.0 Å². The molecule has 2 N–H and O–H groups in total. The van der Waals surface area contributed by atoms with Crippen molar-refractivity contribution < 1.29 is 19.0 Å². The smallest absolute Gasteiger partial charge is 0.407 e. The van der Waals surface area contributed by atoms with E-state index in [0.717, 1.165) is 4.57 Å². The number of carbonyl (C=O) groups is 1. The molecule has 0 saturated carbocycles. The number of aromatic nitrogens is 2. The van der Waals surface area contributed by atoms with Gasteiger partial charge in [0.15, 0.2) is 0 Å². The van der Waals surface area contributed by atoms with Crippen LogP contribution < -0.4 is 11.2 Å². The van der Waals surface area contributed by atoms with Crippen molar-refractivity contribution in [2.45, 2.75) is 39.5 Å². The average Bonchev–Trinajstić information content (AvgIpc) is 2.99. The molecule has 3 aromatic rings. The first-order chi connectivity index (χ1) is 16.5. The van der Waals surface area contributed by atoms with Crippen LogP contribution >= 0.6 is 11.6 Å². The summed E-state index contributed by atoms with van der Waals surface area (Å²) >= 11 is 5.89. The number of fused-ring (bicyclic) bond motifs is 1. The van der Waals surface area contributed by atoms with E-state index in [2.05, 4.69) is 4.98 Å². The number of benzene rings is 2. The van der Waals surface area contributed by atoms with Crippen molar-refractivity contribution in [2.24, 2.45) is 11.3 Å². The summed E-state index contributed by atoms with van der Waals surface area (Å²) in [5, 5.41) is 10.2. The molecular weight excluding hydrogens is 477 g/mol. The molecule has 186 valence electrons. The van der Waals surface area contributed by atoms with Crippen molar-refractivity contribution >= 4 is 28.6 Å². The Morgan fingerprint density at radius 1 is 1.20 bits per heavy atom. The molecule has 1 aliphatic rings. The van der Waals surface area contributed by atoms with E-state index < -0.39 is 46.7 Å². The number of para-hydroxylation sites is 1. The number of nitrogens with zero attached hydrogens (tertiary/aromatic N) is 2. The van der Waals surface area contributed by atoms with Gasteiger partial charge in [0.05, 0.1) is 34.7 Å². The number of carboxylic acid groups (broad SMARTS) is 1. The zero-order valence-corrected chi connectivity index (χ0v) is 20.4. The zero-order valence-electron chi connectivity index (χ0n) is 19.6. The summed E-state index contributed by atoms with van der Waals surface area (Å²) in [6, 6.07) is 10.9. The first kappa shape index (κ1) is 24.9. The fourth-order valence-electron chi connectivity index (χ4n) is 4.41. The highest BCUT2D eigenvalue weighted by molar-refractivity contribution is 6.30. The van der Waals surface area contributed by atoms with Crippen molar-refractivity contribution in [1.82, 2.24) is 14.5 Å². The summed E-state index contributed by atoms with van der Waals surface area (Å²) in [7, 11) is 0. The fourth-order valence-corrected chi connectivity index (χ4v) is 4.53. The van der Waals surface area contributed by atoms with Crippen molar-refractivity contribution in [3.8, 4) is 0 Å². The minimum Gasteiger partial charge on any atom is -0.465 e. The molecule has 1 fully saturated rings. The molecule has 10 heteroatoms. The van der Waals surface area contributed by atoms with Crippen LogP contribution in [0.1, 0.15) is 32.4 Å². The maximum atomic E-state index is 14.4. The van der Waals surface area contributed by atoms with Gasteiger partial charge >= 0.3 is 11.8 Å². The van der Waals surface area contributed by atoms with Gasteiger partial charge in [0.25, 0.3) is 5.56 Å². The Kier molecular flexibility index (Phi) is 6.75. The number of aromatic amines is 1. The van der Waals surface area contributed by atoms with Crippen molar-refractivity contribution in [1.29, 1.82) is 0 Å². The van der Waals surface area contributed by atoms with Gasteiger partial charge in [-0.25, -0.2) is 14.0 Å². The lowest BCUT2D eigenvalue weighted by Gasteiger charge is -2.34. The maximum Gasteiger partial charge on any atom is 0.407 e. The molecule has 1 amide bonds. The Hall–Kier alpha value is -3.17. The van der Waals surface area contributed by atoms with E-state index in [-0.39, 0.29) is 24.7 Å². The van der Waals surface area contributed by atoms with Gasteiger partial charge in [0.2, 0.25) is 0 Å². The predicted molar refractivity (Wildman–Crippen MR) is 130 cm³/mol. The molecule has 8 nitrogen and oxygen atoms in total. The van der Waals surface area contributed by atoms with Crippen LogP contribution in [0.5, 0.6) is 0 Å². The zero-order chi connectivity index (χ0) is 25.5. The third kappa shape index (κ3) is 5.11. The van der Waals surface area contributed by atoms with Crippen molar-refractivity contribution in [3.05, 3.63) is 79.7 Å². The minimum atomic E-state index is -1.14. The first-order valence-corrected chi connectivity index (χ1v) is 11.6. The average molecular weight is 504 g/mol. The number of hydrogen-bond acceptors (Lipinski definition) is 4. The Morgan fingerprint density at radius 3 is 2.57 bits per heavy atom. The number of rotatable bonds is 3. The summed E-state index contributed by atoms with van der Waals surface area (Å²) in [6.07, 6.45) is -2.47. The van der Waals surface area contributed by atoms with Gasteiger partial charge in [-0.05, 0) is 35.2 Å². The van der Waals surface area contributed by atoms with Gasteiger partial charge in [0.1, 0.15) is 5.82 Å². The number of amides is 1. The monoisotopic (exact) mass is 503 g/mol. The summed E-state index contributed by atoms with van der Waals surface area (Å²) in [6.45, 7) is 5.72. The van der Waals surface area contributed by atoms with E-state index in [1.165, 1.54) is 17.0 Å². The number of ether oxygens (including phenoxy) is 1. The molecule has 2 heterocycles. The summed E-state index contributed by atoms with van der Waals surface area (Å²) in [5.41, 5.74) is -0.698. The van der Waals surface area contributed by atoms with Crippen LogP contribution in [0.4, 0.5) is 9.18 Å². The van der Waals surface area contributed by atoms with Crippen LogP contribution in [-0.2, 0) is 11.3 Å². The normalized spacial score (nSPS) is 21.2. The van der Waals surface area contributed by atoms with E-state index in [0.29, 0.717) is 16.5 Å². The third-order valence-electron chi connectivity index (χ3n) is 6.40. The highest BCUT2D eigenvalue weighted by atomic mass is 35.5. The molecule has 35 heavy (non-hydrogen) atoms. The Balaban J connectivity index is 1.84. The van der Waals surface area contributed by atoms with Crippen LogP contribution in [-0.4, -0.2) is 44.8 Å². The molecule has 0 spiro atoms. The fraction of sp³-hybridized carbons (Fsp3) is 0.400. The second-order valence-electron chi connectivity index (χ2n) is 9.92. The Morgan fingerprint density at radius 2 is 1.91 bits per heavy atom. The van der Waals surface area contributed by atoms with E-state index in [1.807, 2.05) is 20.8 Å². The quantitative estimate of drug-likeness (QED) is 0.555. The molecule has 1 saturated heterocycles. The van der Waals surface area contributed by atoms with Crippen LogP contribution in [0.15, 0.2) is 52.1 Å². The van der Waals surface area contributed by atoms with Crippen molar-refractivity contribution in [2.75, 3.05) is 13.1 Å². The third-order valence-corrected chi connectivity index (χ3v) is 6.70. The van der Waals surface area contributed by atoms with Gasteiger partial charge < -0.3 is 19.7 Å². The lowest BCUT2D eigenvalue weighted by molar-refractivity contribution is -0.0790. The molecule has 1 unspecified atom stereocenters. The molecule has 4 rings (SSSR count). The Bertz CT molecular complexity index is 1380. The molecule has 0 aliphatic carbocycles. The summed E-state index contributed by atoms with van der Waals surface area (Å²) in [4.78, 5) is 42.1. The molecule has 0 bridgehead atoms. The van der Waals surface area contributed by atoms with Crippen LogP contribution in [0.25, 0.3) is 10.9 Å². The molecule has 3 atom stereocenters. The number of H-pyrrole nitrogens is 1. The van der Waals surface area contributed by atoms with Gasteiger partial charge in [-0.3, -0.25) is 9.36 Å². The lowest BCUT2D eigenvalue weighted by atomic mass is 9.88. The first-order valence-electron chi connectivity index (χ1n) is 11.3. The predicted octanol–water partition coefficient (Wildman–Crippen LogP) is 4.26. The second-order valence-corrected chi connectivity index (χ2v) is 10.3. The van der Waals surface area contributed by atoms with Crippen LogP contribution in [0.2, 0.25) is 5.02 Å².